The molecule has 0 spiro atoms. The van der Waals surface area contributed by atoms with Crippen LogP contribution in [0.1, 0.15) is 36.6 Å². The Hall–Kier alpha value is -3.69. The highest BCUT2D eigenvalue weighted by atomic mass is 35.5. The van der Waals surface area contributed by atoms with Crippen LogP contribution >= 0.6 is 11.6 Å². The van der Waals surface area contributed by atoms with Gasteiger partial charge in [-0.3, -0.25) is 14.0 Å². The highest BCUT2D eigenvalue weighted by molar-refractivity contribution is 6.29. The summed E-state index contributed by atoms with van der Waals surface area (Å²) in [4.78, 5) is 20.6. The Balaban J connectivity index is 1.51. The second-order valence-electron chi connectivity index (χ2n) is 10.5. The highest BCUT2D eigenvalue weighted by Crippen LogP contribution is 2.36. The van der Waals surface area contributed by atoms with Crippen molar-refractivity contribution in [2.45, 2.75) is 32.4 Å². The number of hydrogen-bond acceptors (Lipinski definition) is 6. The van der Waals surface area contributed by atoms with E-state index in [0.29, 0.717) is 10.5 Å². The van der Waals surface area contributed by atoms with Gasteiger partial charge in [0.15, 0.2) is 0 Å². The van der Waals surface area contributed by atoms with Crippen LogP contribution in [0.3, 0.4) is 0 Å². The molecule has 10 heteroatoms. The van der Waals surface area contributed by atoms with E-state index >= 15 is 0 Å². The monoisotopic (exact) mass is 530 g/mol. The van der Waals surface area contributed by atoms with E-state index in [1.54, 1.807) is 21.5 Å². The topological polar surface area (TPSA) is 85.8 Å². The molecule has 0 bridgehead atoms. The molecular formula is C28H31ClN8O. The minimum Gasteiger partial charge on any atom is -0.377 e. The van der Waals surface area contributed by atoms with Gasteiger partial charge in [-0.1, -0.05) is 17.7 Å². The van der Waals surface area contributed by atoms with Crippen LogP contribution in [0.2, 0.25) is 5.15 Å². The van der Waals surface area contributed by atoms with E-state index in [2.05, 4.69) is 40.3 Å². The number of nitrogens with zero attached hydrogens (tertiary/aromatic N) is 7. The Bertz CT molecular complexity index is 1750. The molecule has 1 aliphatic rings. The van der Waals surface area contributed by atoms with Gasteiger partial charge in [0, 0.05) is 61.1 Å². The predicted molar refractivity (Wildman–Crippen MR) is 152 cm³/mol. The summed E-state index contributed by atoms with van der Waals surface area (Å²) in [5, 5.41) is 15.8. The molecule has 6 rings (SSSR count). The number of fused-ring (bicyclic) bond motifs is 3. The minimum absolute atomic E-state index is 0.0121. The number of anilines is 1. The number of likely N-dealkylation sites (tertiary alicyclic amines) is 1. The average Bonchev–Trinajstić information content (AvgIpc) is 3.62. The van der Waals surface area contributed by atoms with Crippen molar-refractivity contribution in [2.75, 3.05) is 25.5 Å². The largest absolute Gasteiger partial charge is 0.377 e. The van der Waals surface area contributed by atoms with Gasteiger partial charge in [-0.25, -0.2) is 9.67 Å². The summed E-state index contributed by atoms with van der Waals surface area (Å²) < 4.78 is 5.55. The van der Waals surface area contributed by atoms with Crippen LogP contribution < -0.4 is 10.9 Å². The first-order valence-electron chi connectivity index (χ1n) is 12.8. The molecule has 196 valence electrons. The van der Waals surface area contributed by atoms with Crippen LogP contribution in [0, 0.1) is 6.92 Å². The molecule has 5 heterocycles. The Morgan fingerprint density at radius 2 is 1.92 bits per heavy atom. The van der Waals surface area contributed by atoms with Gasteiger partial charge in [-0.2, -0.15) is 10.2 Å². The second kappa shape index (κ2) is 9.25. The summed E-state index contributed by atoms with van der Waals surface area (Å²) >= 11 is 6.27. The zero-order valence-corrected chi connectivity index (χ0v) is 23.0. The first kappa shape index (κ1) is 24.6. The lowest BCUT2D eigenvalue weighted by atomic mass is 9.95. The van der Waals surface area contributed by atoms with E-state index in [0.717, 1.165) is 64.0 Å². The van der Waals surface area contributed by atoms with Gasteiger partial charge in [-0.15, -0.1) is 0 Å². The van der Waals surface area contributed by atoms with E-state index in [1.807, 2.05) is 50.2 Å². The van der Waals surface area contributed by atoms with Gasteiger partial charge >= 0.3 is 0 Å². The van der Waals surface area contributed by atoms with Gasteiger partial charge in [0.05, 0.1) is 29.8 Å². The van der Waals surface area contributed by atoms with Crippen molar-refractivity contribution in [1.82, 2.24) is 34.0 Å². The molecule has 2 unspecified atom stereocenters. The molecule has 1 saturated heterocycles. The van der Waals surface area contributed by atoms with Crippen molar-refractivity contribution in [3.63, 3.8) is 0 Å². The molecule has 0 aliphatic carbocycles. The number of halogens is 1. The summed E-state index contributed by atoms with van der Waals surface area (Å²) in [5.41, 5.74) is 5.37. The van der Waals surface area contributed by atoms with E-state index in [-0.39, 0.29) is 17.6 Å². The predicted octanol–water partition coefficient (Wildman–Crippen LogP) is 4.70. The molecule has 1 aliphatic heterocycles. The maximum atomic E-state index is 13.7. The zero-order valence-electron chi connectivity index (χ0n) is 22.2. The summed E-state index contributed by atoms with van der Waals surface area (Å²) in [6, 6.07) is 7.97. The molecule has 0 amide bonds. The van der Waals surface area contributed by atoms with Crippen molar-refractivity contribution < 1.29 is 0 Å². The van der Waals surface area contributed by atoms with Gasteiger partial charge in [0.25, 0.3) is 5.56 Å². The van der Waals surface area contributed by atoms with Crippen LogP contribution in [0.5, 0.6) is 0 Å². The zero-order chi connectivity index (χ0) is 26.7. The smallest absolute Gasteiger partial charge is 0.259 e. The number of benzene rings is 1. The Morgan fingerprint density at radius 1 is 1.11 bits per heavy atom. The molecule has 1 aromatic carbocycles. The maximum absolute atomic E-state index is 13.7. The molecule has 9 nitrogen and oxygen atoms in total. The third-order valence-corrected chi connectivity index (χ3v) is 7.81. The average molecular weight is 531 g/mol. The van der Waals surface area contributed by atoms with E-state index < -0.39 is 0 Å². The SMILES string of the molecule is Cc1cc(C(C)Nc2ccc(Cl)nc2-c2cnn(C)c2)c2c(c1)c(=O)n(C)c1c2cnn1C1CCN(C)C1. The van der Waals surface area contributed by atoms with E-state index in [4.69, 9.17) is 16.7 Å². The standard InChI is InChI=1S/C28H31ClN8O/c1-16-10-20(17(2)32-23-6-7-24(29)33-26(23)18-12-30-35(4)14-18)25-21(11-16)28(38)36(5)27-22(25)13-31-37(27)19-8-9-34(3)15-19/h6-7,10-14,17,19,32H,8-9,15H2,1-5H3. The van der Waals surface area contributed by atoms with Crippen LogP contribution in [0.15, 0.2) is 47.7 Å². The number of aromatic nitrogens is 6. The van der Waals surface area contributed by atoms with Crippen LogP contribution in [-0.2, 0) is 14.1 Å². The van der Waals surface area contributed by atoms with Crippen molar-refractivity contribution >= 4 is 39.1 Å². The van der Waals surface area contributed by atoms with Crippen molar-refractivity contribution in [2.24, 2.45) is 14.1 Å². The molecule has 0 radical (unpaired) electrons. The Kier molecular flexibility index (Phi) is 6.00. The quantitative estimate of drug-likeness (QED) is 0.332. The molecule has 2 atom stereocenters. The van der Waals surface area contributed by atoms with Gasteiger partial charge in [-0.05, 0) is 56.6 Å². The van der Waals surface area contributed by atoms with Crippen LogP contribution in [-0.4, -0.2) is 54.1 Å². The van der Waals surface area contributed by atoms with Crippen molar-refractivity contribution in [3.05, 3.63) is 69.5 Å². The molecule has 4 aromatic heterocycles. The lowest BCUT2D eigenvalue weighted by molar-refractivity contribution is 0.384. The summed E-state index contributed by atoms with van der Waals surface area (Å²) in [6.45, 7) is 6.08. The summed E-state index contributed by atoms with van der Waals surface area (Å²) in [7, 11) is 5.85. The molecule has 0 saturated carbocycles. The number of likely N-dealkylation sites (N-methyl/N-ethyl adjacent to an activating group) is 1. The lowest BCUT2D eigenvalue weighted by Gasteiger charge is -2.21. The second-order valence-corrected chi connectivity index (χ2v) is 10.9. The number of nitrogens with one attached hydrogen (secondary N) is 1. The van der Waals surface area contributed by atoms with Crippen LogP contribution in [0.25, 0.3) is 33.1 Å². The summed E-state index contributed by atoms with van der Waals surface area (Å²) in [5.74, 6) is 0. The van der Waals surface area contributed by atoms with Gasteiger partial charge in [0.1, 0.15) is 10.8 Å². The third-order valence-electron chi connectivity index (χ3n) is 7.59. The van der Waals surface area contributed by atoms with Crippen molar-refractivity contribution in [3.8, 4) is 11.3 Å². The first-order chi connectivity index (χ1) is 18.2. The Morgan fingerprint density at radius 3 is 2.63 bits per heavy atom. The number of hydrogen-bond donors (Lipinski definition) is 1. The van der Waals surface area contributed by atoms with E-state index in [9.17, 15) is 4.79 Å². The van der Waals surface area contributed by atoms with Gasteiger partial charge < -0.3 is 10.2 Å². The molecule has 1 fully saturated rings. The number of aryl methyl sites for hydroxylation is 3. The molecular weight excluding hydrogens is 500 g/mol. The maximum Gasteiger partial charge on any atom is 0.259 e. The fourth-order valence-electron chi connectivity index (χ4n) is 5.77. The number of pyridine rings is 2. The van der Waals surface area contributed by atoms with E-state index in [1.165, 1.54) is 0 Å². The lowest BCUT2D eigenvalue weighted by Crippen LogP contribution is -2.23. The highest BCUT2D eigenvalue weighted by Gasteiger charge is 2.26. The third kappa shape index (κ3) is 4.06. The minimum atomic E-state index is -0.132. The molecule has 1 N–H and O–H groups in total. The van der Waals surface area contributed by atoms with Crippen molar-refractivity contribution in [1.29, 1.82) is 0 Å². The number of rotatable bonds is 5. The van der Waals surface area contributed by atoms with Crippen LogP contribution in [0.4, 0.5) is 5.69 Å². The fraction of sp³-hybridized carbons (Fsp3) is 0.357. The molecule has 38 heavy (non-hydrogen) atoms. The molecule has 5 aromatic rings. The fourth-order valence-corrected chi connectivity index (χ4v) is 5.92. The normalized spacial score (nSPS) is 17.1. The first-order valence-corrected chi connectivity index (χ1v) is 13.2. The Labute approximate surface area is 225 Å². The summed E-state index contributed by atoms with van der Waals surface area (Å²) in [6.07, 6.45) is 6.63. The van der Waals surface area contributed by atoms with Gasteiger partial charge in [0.2, 0.25) is 0 Å².